The third-order valence-electron chi connectivity index (χ3n) is 6.24. The van der Waals surface area contributed by atoms with Crippen molar-refractivity contribution in [2.24, 2.45) is 0 Å². The lowest BCUT2D eigenvalue weighted by molar-refractivity contribution is -0.0623. The molecular weight excluding hydrogens is 420 g/mol. The van der Waals surface area contributed by atoms with E-state index in [0.29, 0.717) is 13.2 Å². The maximum Gasteiger partial charge on any atom is 0.412 e. The summed E-state index contributed by atoms with van der Waals surface area (Å²) in [6, 6.07) is 8.37. The SMILES string of the molecule is CC(C)(C)OC(=O)N1C(CNCCc2ccc(O[Si](C)(C)C(C)(C)C)cc2)COC1(C)C. The van der Waals surface area contributed by atoms with Gasteiger partial charge in [0.2, 0.25) is 8.32 Å². The topological polar surface area (TPSA) is 60.0 Å². The molecule has 0 spiro atoms. The van der Waals surface area contributed by atoms with Gasteiger partial charge in [-0.05, 0) is 83.4 Å². The molecule has 1 saturated heterocycles. The van der Waals surface area contributed by atoms with E-state index >= 15 is 0 Å². The van der Waals surface area contributed by atoms with E-state index in [-0.39, 0.29) is 17.2 Å². The standard InChI is InChI=1S/C25H44N2O4Si/c1-23(2,3)30-22(28)27-20(18-29-25(27,7)8)17-26-16-15-19-11-13-21(14-12-19)31-32(9,10)24(4,5)6/h11-14,20,26H,15-18H2,1-10H3. The molecule has 0 aromatic heterocycles. The molecule has 0 aliphatic carbocycles. The average Bonchev–Trinajstić information content (AvgIpc) is 2.92. The molecule has 7 heteroatoms. The number of carbonyl (C=O) groups is 1. The molecule has 1 heterocycles. The number of rotatable bonds is 7. The van der Waals surface area contributed by atoms with Crippen LogP contribution in [0, 0.1) is 0 Å². The van der Waals surface area contributed by atoms with Gasteiger partial charge in [0.15, 0.2) is 0 Å². The van der Waals surface area contributed by atoms with Crippen molar-refractivity contribution in [3.63, 3.8) is 0 Å². The minimum absolute atomic E-state index is 0.0554. The van der Waals surface area contributed by atoms with Crippen molar-refractivity contribution in [1.29, 1.82) is 0 Å². The van der Waals surface area contributed by atoms with E-state index in [0.717, 1.165) is 18.7 Å². The molecule has 1 aliphatic rings. The van der Waals surface area contributed by atoms with Gasteiger partial charge in [-0.2, -0.15) is 0 Å². The van der Waals surface area contributed by atoms with Gasteiger partial charge < -0.3 is 19.2 Å². The number of hydrogen-bond acceptors (Lipinski definition) is 5. The van der Waals surface area contributed by atoms with Gasteiger partial charge in [0.25, 0.3) is 0 Å². The van der Waals surface area contributed by atoms with E-state index in [1.807, 2.05) is 34.6 Å². The smallest absolute Gasteiger partial charge is 0.412 e. The zero-order valence-electron chi connectivity index (χ0n) is 21.8. The summed E-state index contributed by atoms with van der Waals surface area (Å²) in [5.41, 5.74) is 0.0511. The van der Waals surface area contributed by atoms with Gasteiger partial charge in [-0.3, -0.25) is 4.90 Å². The van der Waals surface area contributed by atoms with Crippen LogP contribution in [0.1, 0.15) is 61.0 Å². The minimum atomic E-state index is -1.82. The van der Waals surface area contributed by atoms with Crippen molar-refractivity contribution < 1.29 is 18.7 Å². The third kappa shape index (κ3) is 7.22. The first-order valence-corrected chi connectivity index (χ1v) is 14.6. The molecule has 0 bridgehead atoms. The van der Waals surface area contributed by atoms with Gasteiger partial charge in [-0.25, -0.2) is 4.79 Å². The first kappa shape index (κ1) is 26.7. The fourth-order valence-corrected chi connectivity index (χ4v) is 4.42. The minimum Gasteiger partial charge on any atom is -0.544 e. The number of hydrogen-bond donors (Lipinski definition) is 1. The van der Waals surface area contributed by atoms with Crippen molar-refractivity contribution in [3.8, 4) is 5.75 Å². The fraction of sp³-hybridized carbons (Fsp3) is 0.720. The van der Waals surface area contributed by atoms with Crippen LogP contribution in [0.25, 0.3) is 0 Å². The molecule has 1 fully saturated rings. The summed E-state index contributed by atoms with van der Waals surface area (Å²) < 4.78 is 17.8. The molecule has 1 aromatic rings. The highest BCUT2D eigenvalue weighted by Gasteiger charge is 2.45. The Kier molecular flexibility index (Phi) is 8.11. The van der Waals surface area contributed by atoms with E-state index in [1.54, 1.807) is 4.90 Å². The van der Waals surface area contributed by atoms with Crippen LogP contribution < -0.4 is 9.74 Å². The lowest BCUT2D eigenvalue weighted by Gasteiger charge is -2.36. The largest absolute Gasteiger partial charge is 0.544 e. The highest BCUT2D eigenvalue weighted by Crippen LogP contribution is 2.37. The van der Waals surface area contributed by atoms with Crippen molar-refractivity contribution in [2.75, 3.05) is 19.7 Å². The van der Waals surface area contributed by atoms with E-state index in [1.165, 1.54) is 5.56 Å². The van der Waals surface area contributed by atoms with Crippen LogP contribution in [0.15, 0.2) is 24.3 Å². The summed E-state index contributed by atoms with van der Waals surface area (Å²) in [4.78, 5) is 14.4. The number of benzene rings is 1. The first-order chi connectivity index (χ1) is 14.5. The lowest BCUT2D eigenvalue weighted by atomic mass is 10.1. The summed E-state index contributed by atoms with van der Waals surface area (Å²) in [5.74, 6) is 0.951. The highest BCUT2D eigenvalue weighted by atomic mass is 28.4. The molecule has 0 radical (unpaired) electrons. The summed E-state index contributed by atoms with van der Waals surface area (Å²) >= 11 is 0. The first-order valence-electron chi connectivity index (χ1n) is 11.7. The normalized spacial score (nSPS) is 19.2. The van der Waals surface area contributed by atoms with Crippen molar-refractivity contribution in [1.82, 2.24) is 10.2 Å². The monoisotopic (exact) mass is 464 g/mol. The van der Waals surface area contributed by atoms with Gasteiger partial charge in [0, 0.05) is 6.54 Å². The van der Waals surface area contributed by atoms with Gasteiger partial charge in [0.05, 0.1) is 12.6 Å². The number of amides is 1. The Bertz CT molecular complexity index is 764. The number of nitrogens with zero attached hydrogens (tertiary/aromatic N) is 1. The van der Waals surface area contributed by atoms with Crippen LogP contribution in [-0.2, 0) is 15.9 Å². The molecule has 1 atom stereocenters. The molecule has 6 nitrogen and oxygen atoms in total. The van der Waals surface area contributed by atoms with Crippen LogP contribution in [-0.4, -0.2) is 56.4 Å². The second kappa shape index (κ2) is 9.73. The van der Waals surface area contributed by atoms with Crippen molar-refractivity contribution in [2.45, 2.75) is 97.3 Å². The molecular formula is C25H44N2O4Si. The Morgan fingerprint density at radius 2 is 1.75 bits per heavy atom. The maximum atomic E-state index is 12.7. The predicted molar refractivity (Wildman–Crippen MR) is 133 cm³/mol. The predicted octanol–water partition coefficient (Wildman–Crippen LogP) is 5.57. The highest BCUT2D eigenvalue weighted by molar-refractivity contribution is 6.74. The average molecular weight is 465 g/mol. The molecule has 0 saturated carbocycles. The third-order valence-corrected chi connectivity index (χ3v) is 10.6. The Labute approximate surface area is 196 Å². The molecule has 32 heavy (non-hydrogen) atoms. The van der Waals surface area contributed by atoms with Gasteiger partial charge in [-0.15, -0.1) is 0 Å². The summed E-state index contributed by atoms with van der Waals surface area (Å²) in [5, 5.41) is 3.66. The molecule has 1 aromatic carbocycles. The van der Waals surface area contributed by atoms with E-state index in [9.17, 15) is 4.79 Å². The second-order valence-electron chi connectivity index (χ2n) is 11.7. The number of carbonyl (C=O) groups excluding carboxylic acids is 1. The van der Waals surface area contributed by atoms with Crippen LogP contribution in [0.3, 0.4) is 0 Å². The quantitative estimate of drug-likeness (QED) is 0.422. The summed E-state index contributed by atoms with van der Waals surface area (Å²) in [7, 11) is -1.82. The summed E-state index contributed by atoms with van der Waals surface area (Å²) in [6.07, 6.45) is 0.577. The maximum absolute atomic E-state index is 12.7. The number of ether oxygens (including phenoxy) is 2. The molecule has 1 amide bonds. The molecule has 1 aliphatic heterocycles. The van der Waals surface area contributed by atoms with E-state index < -0.39 is 19.6 Å². The Hall–Kier alpha value is -1.57. The number of nitrogens with one attached hydrogen (secondary N) is 1. The molecule has 2 rings (SSSR count). The molecule has 1 unspecified atom stereocenters. The van der Waals surface area contributed by atoms with Crippen LogP contribution in [0.2, 0.25) is 18.1 Å². The second-order valence-corrected chi connectivity index (χ2v) is 16.4. The molecule has 182 valence electrons. The van der Waals surface area contributed by atoms with Gasteiger partial charge in [0.1, 0.15) is 17.1 Å². The van der Waals surface area contributed by atoms with Crippen molar-refractivity contribution in [3.05, 3.63) is 29.8 Å². The van der Waals surface area contributed by atoms with Crippen LogP contribution in [0.4, 0.5) is 4.79 Å². The van der Waals surface area contributed by atoms with Gasteiger partial charge >= 0.3 is 6.09 Å². The Balaban J connectivity index is 1.85. The van der Waals surface area contributed by atoms with E-state index in [4.69, 9.17) is 13.9 Å². The zero-order chi connectivity index (χ0) is 24.4. The van der Waals surface area contributed by atoms with Crippen LogP contribution >= 0.6 is 0 Å². The van der Waals surface area contributed by atoms with Crippen LogP contribution in [0.5, 0.6) is 5.75 Å². The van der Waals surface area contributed by atoms with Crippen molar-refractivity contribution >= 4 is 14.4 Å². The fourth-order valence-electron chi connectivity index (χ4n) is 3.39. The zero-order valence-corrected chi connectivity index (χ0v) is 22.8. The van der Waals surface area contributed by atoms with E-state index in [2.05, 4.69) is 63.4 Å². The Morgan fingerprint density at radius 1 is 1.16 bits per heavy atom. The summed E-state index contributed by atoms with van der Waals surface area (Å²) in [6.45, 7) is 22.7. The Morgan fingerprint density at radius 3 is 2.28 bits per heavy atom. The van der Waals surface area contributed by atoms with Gasteiger partial charge in [-0.1, -0.05) is 32.9 Å². The lowest BCUT2D eigenvalue weighted by Crippen LogP contribution is -2.52. The molecule has 1 N–H and O–H groups in total.